The Morgan fingerprint density at radius 3 is 2.35 bits per heavy atom. The molecule has 0 bridgehead atoms. The lowest BCUT2D eigenvalue weighted by Crippen LogP contribution is -2.09. The Morgan fingerprint density at radius 1 is 1.29 bits per heavy atom. The highest BCUT2D eigenvalue weighted by Crippen LogP contribution is 2.32. The van der Waals surface area contributed by atoms with Gasteiger partial charge >= 0.3 is 0 Å². The third-order valence-corrected chi connectivity index (χ3v) is 2.51. The molecule has 0 atom stereocenters. The maximum Gasteiger partial charge on any atom is 0.162 e. The number of hydrogen-bond acceptors (Lipinski definition) is 3. The summed E-state index contributed by atoms with van der Waals surface area (Å²) in [5.74, 6) is 1.36. The molecule has 0 spiro atoms. The van der Waals surface area contributed by atoms with Gasteiger partial charge in [0, 0.05) is 5.56 Å². The fourth-order valence-corrected chi connectivity index (χ4v) is 1.73. The molecule has 0 unspecified atom stereocenters. The van der Waals surface area contributed by atoms with Crippen molar-refractivity contribution in [2.75, 3.05) is 7.11 Å². The van der Waals surface area contributed by atoms with Crippen molar-refractivity contribution >= 4 is 5.78 Å². The Bertz CT molecular complexity index is 408. The van der Waals surface area contributed by atoms with Crippen LogP contribution in [0.5, 0.6) is 11.5 Å². The minimum atomic E-state index is 0.0520. The molecule has 0 N–H and O–H groups in total. The van der Waals surface area contributed by atoms with E-state index in [0.717, 1.165) is 12.0 Å². The van der Waals surface area contributed by atoms with Gasteiger partial charge in [0.1, 0.15) is 0 Å². The standard InChI is InChI=1S/C14H20O3/c1-6-11-7-13(16-5)14(17-9(2)3)8-12(11)10(4)15/h7-9H,6H2,1-5H3. The number of carbonyl (C=O) groups excluding carboxylic acids is 1. The van der Waals surface area contributed by atoms with Gasteiger partial charge in [-0.1, -0.05) is 6.92 Å². The molecule has 0 radical (unpaired) electrons. The second-order valence-electron chi connectivity index (χ2n) is 4.24. The van der Waals surface area contributed by atoms with Gasteiger partial charge in [0.2, 0.25) is 0 Å². The molecule has 0 fully saturated rings. The summed E-state index contributed by atoms with van der Waals surface area (Å²) < 4.78 is 10.9. The first-order valence-electron chi connectivity index (χ1n) is 5.88. The molecule has 0 heterocycles. The molecule has 1 aromatic rings. The van der Waals surface area contributed by atoms with Gasteiger partial charge in [-0.05, 0) is 44.9 Å². The molecule has 0 saturated heterocycles. The van der Waals surface area contributed by atoms with E-state index in [9.17, 15) is 4.79 Å². The van der Waals surface area contributed by atoms with Crippen LogP contribution in [0.3, 0.4) is 0 Å². The molecule has 1 rings (SSSR count). The number of Topliss-reactive ketones (excluding diaryl/α,β-unsaturated/α-hetero) is 1. The third-order valence-electron chi connectivity index (χ3n) is 2.51. The van der Waals surface area contributed by atoms with Crippen LogP contribution in [0.2, 0.25) is 0 Å². The summed E-state index contributed by atoms with van der Waals surface area (Å²) in [4.78, 5) is 11.6. The summed E-state index contributed by atoms with van der Waals surface area (Å²) >= 11 is 0. The third kappa shape index (κ3) is 3.22. The maximum atomic E-state index is 11.6. The van der Waals surface area contributed by atoms with Crippen LogP contribution in [-0.2, 0) is 6.42 Å². The molecule has 3 nitrogen and oxygen atoms in total. The second-order valence-corrected chi connectivity index (χ2v) is 4.24. The van der Waals surface area contributed by atoms with E-state index < -0.39 is 0 Å². The molecule has 3 heteroatoms. The zero-order chi connectivity index (χ0) is 13.0. The minimum absolute atomic E-state index is 0.0520. The number of aryl methyl sites for hydroxylation is 1. The first kappa shape index (κ1) is 13.6. The van der Waals surface area contributed by atoms with Crippen LogP contribution in [0.15, 0.2) is 12.1 Å². The van der Waals surface area contributed by atoms with Crippen molar-refractivity contribution in [3.05, 3.63) is 23.3 Å². The summed E-state index contributed by atoms with van der Waals surface area (Å²) in [5, 5.41) is 0. The van der Waals surface area contributed by atoms with Crippen molar-refractivity contribution in [1.82, 2.24) is 0 Å². The number of ketones is 1. The summed E-state index contributed by atoms with van der Waals surface area (Å²) in [5.41, 5.74) is 1.70. The fourth-order valence-electron chi connectivity index (χ4n) is 1.73. The lowest BCUT2D eigenvalue weighted by atomic mass is 10.0. The van der Waals surface area contributed by atoms with Gasteiger partial charge < -0.3 is 9.47 Å². The van der Waals surface area contributed by atoms with Crippen LogP contribution in [0, 0.1) is 0 Å². The van der Waals surface area contributed by atoms with Gasteiger partial charge in [0.15, 0.2) is 17.3 Å². The smallest absolute Gasteiger partial charge is 0.162 e. The van der Waals surface area contributed by atoms with E-state index in [4.69, 9.17) is 9.47 Å². The quantitative estimate of drug-likeness (QED) is 0.736. The number of benzene rings is 1. The van der Waals surface area contributed by atoms with Crippen molar-refractivity contribution in [2.45, 2.75) is 40.2 Å². The predicted octanol–water partition coefficient (Wildman–Crippen LogP) is 3.25. The number of ether oxygens (including phenoxy) is 2. The van der Waals surface area contributed by atoms with Crippen molar-refractivity contribution in [3.8, 4) is 11.5 Å². The highest BCUT2D eigenvalue weighted by atomic mass is 16.5. The zero-order valence-electron chi connectivity index (χ0n) is 11.2. The van der Waals surface area contributed by atoms with E-state index in [2.05, 4.69) is 0 Å². The van der Waals surface area contributed by atoms with Crippen LogP contribution in [0.25, 0.3) is 0 Å². The van der Waals surface area contributed by atoms with Gasteiger partial charge in [-0.3, -0.25) is 4.79 Å². The Labute approximate surface area is 103 Å². The first-order valence-corrected chi connectivity index (χ1v) is 5.88. The van der Waals surface area contributed by atoms with Gasteiger partial charge in [0.25, 0.3) is 0 Å². The summed E-state index contributed by atoms with van der Waals surface area (Å²) in [6, 6.07) is 3.66. The first-order chi connectivity index (χ1) is 7.99. The van der Waals surface area contributed by atoms with Gasteiger partial charge in [-0.2, -0.15) is 0 Å². The highest BCUT2D eigenvalue weighted by Gasteiger charge is 2.14. The lowest BCUT2D eigenvalue weighted by Gasteiger charge is -2.16. The SMILES string of the molecule is CCc1cc(OC)c(OC(C)C)cc1C(C)=O. The van der Waals surface area contributed by atoms with Crippen LogP contribution < -0.4 is 9.47 Å². The molecular weight excluding hydrogens is 216 g/mol. The van der Waals surface area contributed by atoms with E-state index in [1.165, 1.54) is 0 Å². The average molecular weight is 236 g/mol. The van der Waals surface area contributed by atoms with Gasteiger partial charge in [-0.25, -0.2) is 0 Å². The van der Waals surface area contributed by atoms with Gasteiger partial charge in [0.05, 0.1) is 13.2 Å². The Morgan fingerprint density at radius 2 is 1.94 bits per heavy atom. The minimum Gasteiger partial charge on any atom is -0.493 e. The fraction of sp³-hybridized carbons (Fsp3) is 0.500. The van der Waals surface area contributed by atoms with Crippen LogP contribution in [-0.4, -0.2) is 19.0 Å². The Hall–Kier alpha value is -1.51. The molecule has 0 aliphatic rings. The van der Waals surface area contributed by atoms with Crippen LogP contribution in [0.1, 0.15) is 43.6 Å². The molecule has 0 aliphatic heterocycles. The molecule has 0 amide bonds. The Balaban J connectivity index is 3.28. The largest absolute Gasteiger partial charge is 0.493 e. The molecule has 0 saturated carbocycles. The molecule has 94 valence electrons. The second kappa shape index (κ2) is 5.71. The Kier molecular flexibility index (Phi) is 4.55. The molecule has 17 heavy (non-hydrogen) atoms. The molecule has 0 aromatic heterocycles. The normalized spacial score (nSPS) is 10.5. The van der Waals surface area contributed by atoms with Crippen LogP contribution >= 0.6 is 0 Å². The van der Waals surface area contributed by atoms with E-state index >= 15 is 0 Å². The number of hydrogen-bond donors (Lipinski definition) is 0. The van der Waals surface area contributed by atoms with Crippen molar-refractivity contribution < 1.29 is 14.3 Å². The monoisotopic (exact) mass is 236 g/mol. The maximum absolute atomic E-state index is 11.6. The molecule has 0 aliphatic carbocycles. The van der Waals surface area contributed by atoms with E-state index in [-0.39, 0.29) is 11.9 Å². The van der Waals surface area contributed by atoms with Crippen molar-refractivity contribution in [2.24, 2.45) is 0 Å². The van der Waals surface area contributed by atoms with E-state index in [1.54, 1.807) is 20.1 Å². The topological polar surface area (TPSA) is 35.5 Å². The summed E-state index contributed by atoms with van der Waals surface area (Å²) in [7, 11) is 1.61. The van der Waals surface area contributed by atoms with Crippen LogP contribution in [0.4, 0.5) is 0 Å². The molecular formula is C14H20O3. The number of rotatable bonds is 5. The highest BCUT2D eigenvalue weighted by molar-refractivity contribution is 5.96. The van der Waals surface area contributed by atoms with Crippen molar-refractivity contribution in [3.63, 3.8) is 0 Å². The van der Waals surface area contributed by atoms with Gasteiger partial charge in [-0.15, -0.1) is 0 Å². The zero-order valence-corrected chi connectivity index (χ0v) is 11.2. The summed E-state index contributed by atoms with van der Waals surface area (Å²) in [6.45, 7) is 7.48. The summed E-state index contributed by atoms with van der Waals surface area (Å²) in [6.07, 6.45) is 0.851. The van der Waals surface area contributed by atoms with E-state index in [0.29, 0.717) is 17.1 Å². The van der Waals surface area contributed by atoms with Crippen molar-refractivity contribution in [1.29, 1.82) is 0 Å². The molecule has 1 aromatic carbocycles. The number of methoxy groups -OCH3 is 1. The number of carbonyl (C=O) groups is 1. The van der Waals surface area contributed by atoms with E-state index in [1.807, 2.05) is 26.8 Å². The lowest BCUT2D eigenvalue weighted by molar-refractivity contribution is 0.101. The predicted molar refractivity (Wildman–Crippen MR) is 68.1 cm³/mol. The average Bonchev–Trinajstić information content (AvgIpc) is 2.27.